The fraction of sp³-hybridized carbons (Fsp3) is 0.250. The molecule has 0 aromatic heterocycles. The lowest BCUT2D eigenvalue weighted by Gasteiger charge is -2.24. The number of para-hydroxylation sites is 1. The number of carbonyl (C=O) groups is 1. The Morgan fingerprint density at radius 1 is 1.09 bits per heavy atom. The highest BCUT2D eigenvalue weighted by atomic mass is 16.5. The predicted molar refractivity (Wildman–Crippen MR) is 93.3 cm³/mol. The molecule has 3 heteroatoms. The van der Waals surface area contributed by atoms with Crippen molar-refractivity contribution in [2.45, 2.75) is 19.3 Å². The van der Waals surface area contributed by atoms with Crippen LogP contribution in [0.1, 0.15) is 29.8 Å². The molecule has 1 aliphatic heterocycles. The van der Waals surface area contributed by atoms with Gasteiger partial charge in [0, 0.05) is 35.5 Å². The summed E-state index contributed by atoms with van der Waals surface area (Å²) in [6.45, 7) is 4.31. The van der Waals surface area contributed by atoms with Crippen LogP contribution in [-0.2, 0) is 5.41 Å². The molecule has 2 aromatic carbocycles. The molecule has 0 spiro atoms. The molecule has 0 saturated heterocycles. The molecular formula is C20H21NO2. The van der Waals surface area contributed by atoms with Gasteiger partial charge in [0.25, 0.3) is 0 Å². The third-order valence-corrected chi connectivity index (χ3v) is 4.58. The fourth-order valence-corrected chi connectivity index (χ4v) is 3.22. The van der Waals surface area contributed by atoms with Gasteiger partial charge in [0.05, 0.1) is 7.11 Å². The first-order valence-corrected chi connectivity index (χ1v) is 7.69. The van der Waals surface area contributed by atoms with E-state index >= 15 is 0 Å². The van der Waals surface area contributed by atoms with Crippen LogP contribution in [0, 0.1) is 0 Å². The number of ether oxygens (including phenoxy) is 1. The first kappa shape index (κ1) is 15.3. The van der Waals surface area contributed by atoms with Crippen molar-refractivity contribution in [1.82, 2.24) is 0 Å². The number of rotatable bonds is 3. The van der Waals surface area contributed by atoms with Crippen LogP contribution in [0.5, 0.6) is 5.75 Å². The van der Waals surface area contributed by atoms with Crippen LogP contribution < -0.4 is 9.64 Å². The molecule has 0 fully saturated rings. The summed E-state index contributed by atoms with van der Waals surface area (Å²) in [5.74, 6) is 0.760. The first-order valence-electron chi connectivity index (χ1n) is 7.69. The Morgan fingerprint density at radius 3 is 2.35 bits per heavy atom. The zero-order valence-electron chi connectivity index (χ0n) is 14.0. The lowest BCUT2D eigenvalue weighted by molar-refractivity contribution is 0.104. The van der Waals surface area contributed by atoms with Crippen molar-refractivity contribution in [3.63, 3.8) is 0 Å². The van der Waals surface area contributed by atoms with Gasteiger partial charge in [0.15, 0.2) is 5.78 Å². The van der Waals surface area contributed by atoms with Gasteiger partial charge in [-0.25, -0.2) is 0 Å². The molecule has 0 radical (unpaired) electrons. The van der Waals surface area contributed by atoms with Crippen LogP contribution in [0.4, 0.5) is 5.69 Å². The topological polar surface area (TPSA) is 29.5 Å². The van der Waals surface area contributed by atoms with Gasteiger partial charge in [-0.2, -0.15) is 0 Å². The largest absolute Gasteiger partial charge is 0.497 e. The number of nitrogens with zero attached hydrogens (tertiary/aromatic N) is 1. The molecule has 3 nitrogen and oxygen atoms in total. The van der Waals surface area contributed by atoms with Crippen molar-refractivity contribution in [2.75, 3.05) is 19.1 Å². The number of carbonyl (C=O) groups excluding carboxylic acids is 1. The number of fused-ring (bicyclic) bond motifs is 1. The average Bonchev–Trinajstić information content (AvgIpc) is 2.76. The molecule has 3 rings (SSSR count). The summed E-state index contributed by atoms with van der Waals surface area (Å²) in [5.41, 5.74) is 3.90. The highest BCUT2D eigenvalue weighted by molar-refractivity contribution is 6.05. The molecule has 23 heavy (non-hydrogen) atoms. The second kappa shape index (κ2) is 5.58. The van der Waals surface area contributed by atoms with Crippen LogP contribution >= 0.6 is 0 Å². The molecule has 118 valence electrons. The van der Waals surface area contributed by atoms with Crippen LogP contribution in [0.2, 0.25) is 0 Å². The van der Waals surface area contributed by atoms with Crippen molar-refractivity contribution in [3.8, 4) is 5.75 Å². The Balaban J connectivity index is 1.97. The summed E-state index contributed by atoms with van der Waals surface area (Å²) in [5, 5.41) is 0. The predicted octanol–water partition coefficient (Wildman–Crippen LogP) is 4.19. The molecule has 1 aliphatic rings. The van der Waals surface area contributed by atoms with Gasteiger partial charge >= 0.3 is 0 Å². The van der Waals surface area contributed by atoms with Crippen molar-refractivity contribution in [2.24, 2.45) is 0 Å². The Hall–Kier alpha value is -2.55. The quantitative estimate of drug-likeness (QED) is 0.629. The second-order valence-corrected chi connectivity index (χ2v) is 6.32. The molecule has 0 bridgehead atoms. The Morgan fingerprint density at radius 2 is 1.74 bits per heavy atom. The number of anilines is 1. The monoisotopic (exact) mass is 307 g/mol. The molecule has 0 N–H and O–H groups in total. The maximum absolute atomic E-state index is 12.6. The highest BCUT2D eigenvalue weighted by Crippen LogP contribution is 2.46. The summed E-state index contributed by atoms with van der Waals surface area (Å²) in [6.07, 6.45) is 1.75. The summed E-state index contributed by atoms with van der Waals surface area (Å²) >= 11 is 0. The van der Waals surface area contributed by atoms with Gasteiger partial charge in [-0.05, 0) is 35.9 Å². The summed E-state index contributed by atoms with van der Waals surface area (Å²) in [4.78, 5) is 14.7. The van der Waals surface area contributed by atoms with Crippen LogP contribution in [0.25, 0.3) is 0 Å². The smallest absolute Gasteiger partial charge is 0.187 e. The molecule has 1 heterocycles. The summed E-state index contributed by atoms with van der Waals surface area (Å²) in [6, 6.07) is 15.5. The van der Waals surface area contributed by atoms with E-state index in [9.17, 15) is 4.79 Å². The van der Waals surface area contributed by atoms with Crippen LogP contribution in [0.3, 0.4) is 0 Å². The number of hydrogen-bond donors (Lipinski definition) is 0. The maximum atomic E-state index is 12.6. The van der Waals surface area contributed by atoms with Gasteiger partial charge in [-0.15, -0.1) is 0 Å². The lowest BCUT2D eigenvalue weighted by atomic mass is 9.83. The summed E-state index contributed by atoms with van der Waals surface area (Å²) in [7, 11) is 3.63. The molecule has 0 unspecified atom stereocenters. The van der Waals surface area contributed by atoms with Gasteiger partial charge < -0.3 is 9.64 Å². The minimum absolute atomic E-state index is 0.00961. The van der Waals surface area contributed by atoms with E-state index in [0.717, 1.165) is 17.1 Å². The van der Waals surface area contributed by atoms with E-state index in [1.165, 1.54) is 5.56 Å². The van der Waals surface area contributed by atoms with Crippen molar-refractivity contribution in [3.05, 3.63) is 71.4 Å². The number of ketones is 1. The van der Waals surface area contributed by atoms with E-state index in [1.54, 1.807) is 25.3 Å². The van der Waals surface area contributed by atoms with Crippen molar-refractivity contribution >= 4 is 11.5 Å². The zero-order chi connectivity index (χ0) is 16.6. The van der Waals surface area contributed by atoms with Gasteiger partial charge in [0.2, 0.25) is 0 Å². The third-order valence-electron chi connectivity index (χ3n) is 4.58. The molecule has 0 atom stereocenters. The molecule has 0 saturated carbocycles. The van der Waals surface area contributed by atoms with E-state index in [1.807, 2.05) is 31.3 Å². The number of allylic oxidation sites excluding steroid dienone is 2. The van der Waals surface area contributed by atoms with Gasteiger partial charge in [-0.3, -0.25) is 4.79 Å². The summed E-state index contributed by atoms with van der Waals surface area (Å²) < 4.78 is 5.14. The fourth-order valence-electron chi connectivity index (χ4n) is 3.22. The van der Waals surface area contributed by atoms with Crippen LogP contribution in [-0.4, -0.2) is 19.9 Å². The Bertz CT molecular complexity index is 772. The number of methoxy groups -OCH3 is 1. The average molecular weight is 307 g/mol. The number of hydrogen-bond acceptors (Lipinski definition) is 3. The number of likely N-dealkylation sites (N-methyl/N-ethyl adjacent to an activating group) is 1. The molecule has 0 amide bonds. The first-order chi connectivity index (χ1) is 10.9. The Kier molecular flexibility index (Phi) is 3.72. The van der Waals surface area contributed by atoms with Crippen LogP contribution in [0.15, 0.2) is 60.3 Å². The maximum Gasteiger partial charge on any atom is 0.187 e. The van der Waals surface area contributed by atoms with E-state index < -0.39 is 0 Å². The molecule has 0 aliphatic carbocycles. The third kappa shape index (κ3) is 2.52. The van der Waals surface area contributed by atoms with Gasteiger partial charge in [0.1, 0.15) is 5.75 Å². The molecular weight excluding hydrogens is 286 g/mol. The van der Waals surface area contributed by atoms with Gasteiger partial charge in [-0.1, -0.05) is 32.0 Å². The normalized spacial score (nSPS) is 17.2. The van der Waals surface area contributed by atoms with Crippen molar-refractivity contribution in [1.29, 1.82) is 0 Å². The Labute approximate surface area is 137 Å². The SMILES string of the molecule is COc1ccc(C(=O)/C=C2\N(C)c3ccccc3C2(C)C)cc1. The highest BCUT2D eigenvalue weighted by Gasteiger charge is 2.38. The zero-order valence-corrected chi connectivity index (χ0v) is 14.0. The minimum Gasteiger partial charge on any atom is -0.497 e. The van der Waals surface area contributed by atoms with Crippen molar-refractivity contribution < 1.29 is 9.53 Å². The second-order valence-electron chi connectivity index (χ2n) is 6.32. The minimum atomic E-state index is -0.187. The van der Waals surface area contributed by atoms with E-state index in [2.05, 4.69) is 30.9 Å². The van der Waals surface area contributed by atoms with E-state index in [0.29, 0.717) is 5.56 Å². The molecule has 2 aromatic rings. The van der Waals surface area contributed by atoms with E-state index in [-0.39, 0.29) is 11.2 Å². The van der Waals surface area contributed by atoms with E-state index in [4.69, 9.17) is 4.74 Å². The standard InChI is InChI=1S/C20H21NO2/c1-20(2)16-7-5-6-8-17(16)21(3)19(20)13-18(22)14-9-11-15(23-4)12-10-14/h5-13H,1-4H3/b19-13-. The lowest BCUT2D eigenvalue weighted by Crippen LogP contribution is -2.24. The number of benzene rings is 2.